The van der Waals surface area contributed by atoms with E-state index in [4.69, 9.17) is 0 Å². The SMILES string of the molecule is O=C(CCN1CCN(c2cccc3ccccc23)CC1)C1Cc2ccccc2S1. The largest absolute Gasteiger partial charge is 0.368 e. The summed E-state index contributed by atoms with van der Waals surface area (Å²) in [4.78, 5) is 19.0. The van der Waals surface area contributed by atoms with Crippen molar-refractivity contribution in [2.45, 2.75) is 23.0 Å². The highest BCUT2D eigenvalue weighted by atomic mass is 32.2. The van der Waals surface area contributed by atoms with Crippen LogP contribution >= 0.6 is 11.8 Å². The maximum atomic E-state index is 12.7. The summed E-state index contributed by atoms with van der Waals surface area (Å²) in [5.41, 5.74) is 2.67. The number of hydrogen-bond acceptors (Lipinski definition) is 4. The number of piperazine rings is 1. The van der Waals surface area contributed by atoms with Crippen molar-refractivity contribution in [1.82, 2.24) is 4.90 Å². The fourth-order valence-corrected chi connectivity index (χ4v) is 5.77. The van der Waals surface area contributed by atoms with Gasteiger partial charge in [-0.05, 0) is 29.5 Å². The van der Waals surface area contributed by atoms with Gasteiger partial charge in [0.25, 0.3) is 0 Å². The lowest BCUT2D eigenvalue weighted by atomic mass is 10.1. The average Bonchev–Trinajstić information content (AvgIpc) is 3.22. The van der Waals surface area contributed by atoms with Gasteiger partial charge in [-0.25, -0.2) is 0 Å². The molecule has 148 valence electrons. The number of fused-ring (bicyclic) bond motifs is 2. The predicted molar refractivity (Wildman–Crippen MR) is 122 cm³/mol. The summed E-state index contributed by atoms with van der Waals surface area (Å²) in [5, 5.41) is 2.74. The predicted octanol–water partition coefficient (Wildman–Crippen LogP) is 4.64. The minimum Gasteiger partial charge on any atom is -0.368 e. The van der Waals surface area contributed by atoms with Crippen molar-refractivity contribution in [1.29, 1.82) is 0 Å². The Balaban J connectivity index is 1.14. The fourth-order valence-electron chi connectivity index (χ4n) is 4.49. The molecule has 0 saturated carbocycles. The quantitative estimate of drug-likeness (QED) is 0.620. The molecule has 5 rings (SSSR count). The van der Waals surface area contributed by atoms with E-state index in [1.165, 1.54) is 26.9 Å². The van der Waals surface area contributed by atoms with E-state index in [1.54, 1.807) is 11.8 Å². The normalized spacial score (nSPS) is 19.4. The molecule has 2 heterocycles. The third kappa shape index (κ3) is 3.92. The molecular weight excluding hydrogens is 376 g/mol. The Kier molecular flexibility index (Phi) is 5.30. The van der Waals surface area contributed by atoms with Crippen LogP contribution in [0.2, 0.25) is 0 Å². The summed E-state index contributed by atoms with van der Waals surface area (Å²) in [6.07, 6.45) is 1.56. The number of rotatable bonds is 5. The lowest BCUT2D eigenvalue weighted by molar-refractivity contribution is -0.118. The van der Waals surface area contributed by atoms with Crippen molar-refractivity contribution in [3.63, 3.8) is 0 Å². The number of Topliss-reactive ketones (excluding diaryl/α,β-unsaturated/α-hetero) is 1. The molecule has 3 aromatic carbocycles. The first kappa shape index (κ1) is 18.7. The third-order valence-electron chi connectivity index (χ3n) is 6.16. The van der Waals surface area contributed by atoms with Gasteiger partial charge < -0.3 is 4.90 Å². The molecule has 3 aromatic rings. The van der Waals surface area contributed by atoms with Gasteiger partial charge in [0.1, 0.15) is 5.78 Å². The van der Waals surface area contributed by atoms with Gasteiger partial charge in [0.05, 0.1) is 5.25 Å². The van der Waals surface area contributed by atoms with Gasteiger partial charge in [-0.2, -0.15) is 0 Å². The molecule has 0 radical (unpaired) electrons. The molecular formula is C25H26N2OS. The van der Waals surface area contributed by atoms with Crippen LogP contribution in [0.4, 0.5) is 5.69 Å². The van der Waals surface area contributed by atoms with Gasteiger partial charge >= 0.3 is 0 Å². The van der Waals surface area contributed by atoms with Crippen LogP contribution in [0, 0.1) is 0 Å². The Labute approximate surface area is 176 Å². The van der Waals surface area contributed by atoms with Crippen LogP contribution in [0.3, 0.4) is 0 Å². The first-order valence-corrected chi connectivity index (χ1v) is 11.4. The van der Waals surface area contributed by atoms with Crippen molar-refractivity contribution in [3.8, 4) is 0 Å². The van der Waals surface area contributed by atoms with Gasteiger partial charge in [0.2, 0.25) is 0 Å². The Bertz CT molecular complexity index is 996. The fraction of sp³-hybridized carbons (Fsp3) is 0.320. The van der Waals surface area contributed by atoms with Crippen LogP contribution in [0.25, 0.3) is 10.8 Å². The third-order valence-corrected chi connectivity index (χ3v) is 7.53. The van der Waals surface area contributed by atoms with Gasteiger partial charge in [0, 0.05) is 55.1 Å². The monoisotopic (exact) mass is 402 g/mol. The molecule has 29 heavy (non-hydrogen) atoms. The highest BCUT2D eigenvalue weighted by Crippen LogP contribution is 2.37. The van der Waals surface area contributed by atoms with E-state index in [0.29, 0.717) is 12.2 Å². The number of thioether (sulfide) groups is 1. The van der Waals surface area contributed by atoms with E-state index in [9.17, 15) is 4.79 Å². The van der Waals surface area contributed by atoms with E-state index >= 15 is 0 Å². The zero-order valence-corrected chi connectivity index (χ0v) is 17.4. The summed E-state index contributed by atoms with van der Waals surface area (Å²) >= 11 is 1.75. The number of carbonyl (C=O) groups excluding carboxylic acids is 1. The number of anilines is 1. The molecule has 0 amide bonds. The summed E-state index contributed by atoms with van der Waals surface area (Å²) in [6.45, 7) is 4.97. The zero-order valence-electron chi connectivity index (χ0n) is 16.6. The lowest BCUT2D eigenvalue weighted by Crippen LogP contribution is -2.47. The minimum absolute atomic E-state index is 0.115. The number of benzene rings is 3. The van der Waals surface area contributed by atoms with E-state index in [2.05, 4.69) is 76.5 Å². The van der Waals surface area contributed by atoms with Crippen molar-refractivity contribution in [2.75, 3.05) is 37.6 Å². The van der Waals surface area contributed by atoms with Crippen molar-refractivity contribution < 1.29 is 4.79 Å². The second-order valence-electron chi connectivity index (χ2n) is 7.96. The van der Waals surface area contributed by atoms with E-state index in [0.717, 1.165) is 39.1 Å². The Morgan fingerprint density at radius 2 is 1.66 bits per heavy atom. The van der Waals surface area contributed by atoms with Crippen LogP contribution in [0.15, 0.2) is 71.6 Å². The molecule has 1 atom stereocenters. The Morgan fingerprint density at radius 3 is 2.52 bits per heavy atom. The van der Waals surface area contributed by atoms with Gasteiger partial charge in [-0.3, -0.25) is 9.69 Å². The van der Waals surface area contributed by atoms with Crippen LogP contribution in [0.5, 0.6) is 0 Å². The summed E-state index contributed by atoms with van der Waals surface area (Å²) in [7, 11) is 0. The molecule has 1 unspecified atom stereocenters. The number of hydrogen-bond donors (Lipinski definition) is 0. The number of ketones is 1. The molecule has 0 N–H and O–H groups in total. The van der Waals surface area contributed by atoms with Gasteiger partial charge in [0.15, 0.2) is 0 Å². The Hall–Kier alpha value is -2.30. The highest BCUT2D eigenvalue weighted by Gasteiger charge is 2.28. The van der Waals surface area contributed by atoms with Crippen LogP contribution < -0.4 is 4.90 Å². The minimum atomic E-state index is 0.115. The molecule has 2 aliphatic rings. The highest BCUT2D eigenvalue weighted by molar-refractivity contribution is 8.01. The van der Waals surface area contributed by atoms with E-state index in [-0.39, 0.29) is 5.25 Å². The number of nitrogens with zero attached hydrogens (tertiary/aromatic N) is 2. The summed E-state index contributed by atoms with van der Waals surface area (Å²) in [6, 6.07) is 23.6. The number of carbonyl (C=O) groups is 1. The maximum Gasteiger partial charge on any atom is 0.147 e. The van der Waals surface area contributed by atoms with Crippen LogP contribution in [-0.2, 0) is 11.2 Å². The second kappa shape index (κ2) is 8.21. The molecule has 0 bridgehead atoms. The maximum absolute atomic E-state index is 12.7. The van der Waals surface area contributed by atoms with Crippen molar-refractivity contribution in [2.24, 2.45) is 0 Å². The first-order chi connectivity index (χ1) is 14.3. The van der Waals surface area contributed by atoms with Gasteiger partial charge in [-0.15, -0.1) is 11.8 Å². The molecule has 3 nitrogen and oxygen atoms in total. The Morgan fingerprint density at radius 1 is 0.897 bits per heavy atom. The summed E-state index contributed by atoms with van der Waals surface area (Å²) in [5.74, 6) is 0.405. The topological polar surface area (TPSA) is 23.6 Å². The van der Waals surface area contributed by atoms with E-state index in [1.807, 2.05) is 0 Å². The average molecular weight is 403 g/mol. The lowest BCUT2D eigenvalue weighted by Gasteiger charge is -2.36. The zero-order chi connectivity index (χ0) is 19.6. The summed E-state index contributed by atoms with van der Waals surface area (Å²) < 4.78 is 0. The van der Waals surface area contributed by atoms with Crippen LogP contribution in [-0.4, -0.2) is 48.7 Å². The molecule has 0 aromatic heterocycles. The van der Waals surface area contributed by atoms with Crippen molar-refractivity contribution >= 4 is 34.0 Å². The molecule has 4 heteroatoms. The van der Waals surface area contributed by atoms with Crippen LogP contribution in [0.1, 0.15) is 12.0 Å². The molecule has 2 aliphatic heterocycles. The van der Waals surface area contributed by atoms with Gasteiger partial charge in [-0.1, -0.05) is 54.6 Å². The molecule has 0 aliphatic carbocycles. The first-order valence-electron chi connectivity index (χ1n) is 10.5. The molecule has 1 fully saturated rings. The van der Waals surface area contributed by atoms with E-state index < -0.39 is 0 Å². The molecule has 0 spiro atoms. The molecule has 1 saturated heterocycles. The standard InChI is InChI=1S/C25H26N2OS/c28-23(25-18-20-7-2-4-11-24(20)29-25)12-13-26-14-16-27(17-15-26)22-10-5-8-19-6-1-3-9-21(19)22/h1-11,25H,12-18H2. The smallest absolute Gasteiger partial charge is 0.147 e. The van der Waals surface area contributed by atoms with Crippen molar-refractivity contribution in [3.05, 3.63) is 72.3 Å². The second-order valence-corrected chi connectivity index (χ2v) is 9.21.